The second-order valence-corrected chi connectivity index (χ2v) is 8.91. The molecule has 0 bridgehead atoms. The first-order valence-corrected chi connectivity index (χ1v) is 12.3. The number of nitrogens with zero attached hydrogens (tertiary/aromatic N) is 2. The van der Waals surface area contributed by atoms with E-state index in [1.54, 1.807) is 6.07 Å². The van der Waals surface area contributed by atoms with Crippen LogP contribution in [0.25, 0.3) is 11.4 Å². The minimum absolute atomic E-state index is 0.324. The summed E-state index contributed by atoms with van der Waals surface area (Å²) in [6, 6.07) is 5.04. The maximum atomic E-state index is 14.5. The molecule has 1 fully saturated rings. The third-order valence-corrected chi connectivity index (χ3v) is 6.25. The molecule has 3 rings (SSSR count). The molecule has 1 aromatic carbocycles. The van der Waals surface area contributed by atoms with Crippen LogP contribution >= 0.6 is 0 Å². The van der Waals surface area contributed by atoms with E-state index in [1.807, 2.05) is 18.5 Å². The van der Waals surface area contributed by atoms with Gasteiger partial charge in [0.25, 0.3) is 0 Å². The quantitative estimate of drug-likeness (QED) is 0.308. The molecule has 3 nitrogen and oxygen atoms in total. The number of unbranched alkanes of at least 4 members (excludes halogenated alkanes) is 7. The van der Waals surface area contributed by atoms with E-state index in [0.717, 1.165) is 37.7 Å². The van der Waals surface area contributed by atoms with Crippen LogP contribution in [0.4, 0.5) is 4.39 Å². The summed E-state index contributed by atoms with van der Waals surface area (Å²) in [5, 5.41) is 0. The van der Waals surface area contributed by atoms with Crippen LogP contribution in [0, 0.1) is 18.2 Å². The molecule has 2 aromatic rings. The maximum Gasteiger partial charge on any atom is 0.165 e. The van der Waals surface area contributed by atoms with Gasteiger partial charge < -0.3 is 4.74 Å². The van der Waals surface area contributed by atoms with Crippen LogP contribution in [-0.4, -0.2) is 16.6 Å². The highest BCUT2D eigenvalue weighted by Crippen LogP contribution is 2.27. The van der Waals surface area contributed by atoms with Gasteiger partial charge in [0.05, 0.1) is 6.61 Å². The van der Waals surface area contributed by atoms with E-state index in [4.69, 9.17) is 4.74 Å². The van der Waals surface area contributed by atoms with Crippen molar-refractivity contribution in [3.63, 3.8) is 0 Å². The van der Waals surface area contributed by atoms with E-state index >= 15 is 0 Å². The van der Waals surface area contributed by atoms with Gasteiger partial charge in [-0.15, -0.1) is 0 Å². The lowest BCUT2D eigenvalue weighted by Crippen LogP contribution is -2.15. The van der Waals surface area contributed by atoms with Crippen LogP contribution in [0.15, 0.2) is 30.6 Å². The van der Waals surface area contributed by atoms with Crippen molar-refractivity contribution in [1.82, 2.24) is 9.97 Å². The number of hydrogen-bond acceptors (Lipinski definition) is 3. The van der Waals surface area contributed by atoms with Gasteiger partial charge >= 0.3 is 0 Å². The van der Waals surface area contributed by atoms with E-state index in [0.29, 0.717) is 29.7 Å². The molecule has 0 amide bonds. The Bertz CT molecular complexity index is 756. The van der Waals surface area contributed by atoms with Crippen LogP contribution in [0.5, 0.6) is 5.75 Å². The second kappa shape index (κ2) is 13.4. The summed E-state index contributed by atoms with van der Waals surface area (Å²) in [5.41, 5.74) is 1.84. The second-order valence-electron chi connectivity index (χ2n) is 8.91. The maximum absolute atomic E-state index is 14.5. The minimum atomic E-state index is -0.341. The van der Waals surface area contributed by atoms with Gasteiger partial charge in [-0.1, -0.05) is 51.9 Å². The highest BCUT2D eigenvalue weighted by atomic mass is 19.1. The summed E-state index contributed by atoms with van der Waals surface area (Å²) < 4.78 is 20.3. The van der Waals surface area contributed by atoms with Crippen molar-refractivity contribution in [2.45, 2.75) is 90.4 Å². The van der Waals surface area contributed by atoms with Crippen molar-refractivity contribution < 1.29 is 9.13 Å². The minimum Gasteiger partial charge on any atom is -0.490 e. The van der Waals surface area contributed by atoms with Crippen LogP contribution in [-0.2, 0) is 6.42 Å². The fourth-order valence-electron chi connectivity index (χ4n) is 4.22. The zero-order valence-corrected chi connectivity index (χ0v) is 19.1. The molecule has 0 unspecified atom stereocenters. The van der Waals surface area contributed by atoms with Crippen molar-refractivity contribution in [1.29, 1.82) is 0 Å². The molecule has 1 saturated carbocycles. The number of benzene rings is 1. The number of ether oxygens (including phenoxy) is 1. The van der Waals surface area contributed by atoms with Crippen LogP contribution in [0.2, 0.25) is 0 Å². The van der Waals surface area contributed by atoms with Crippen molar-refractivity contribution >= 4 is 0 Å². The highest BCUT2D eigenvalue weighted by Gasteiger charge is 2.15. The van der Waals surface area contributed by atoms with Crippen molar-refractivity contribution in [3.8, 4) is 17.1 Å². The Morgan fingerprint density at radius 2 is 1.61 bits per heavy atom. The molecule has 1 aliphatic carbocycles. The smallest absolute Gasteiger partial charge is 0.165 e. The topological polar surface area (TPSA) is 35.0 Å². The first kappa shape index (κ1) is 23.7. The van der Waals surface area contributed by atoms with Crippen molar-refractivity contribution in [2.75, 3.05) is 6.61 Å². The van der Waals surface area contributed by atoms with Crippen molar-refractivity contribution in [3.05, 3.63) is 48.4 Å². The molecule has 4 heteroatoms. The molecule has 0 spiro atoms. The summed E-state index contributed by atoms with van der Waals surface area (Å²) in [5.74, 6) is 1.07. The number of halogens is 1. The molecule has 31 heavy (non-hydrogen) atoms. The fourth-order valence-corrected chi connectivity index (χ4v) is 4.22. The Morgan fingerprint density at radius 1 is 0.935 bits per heavy atom. The van der Waals surface area contributed by atoms with Crippen LogP contribution < -0.4 is 4.74 Å². The van der Waals surface area contributed by atoms with Crippen molar-refractivity contribution in [2.24, 2.45) is 5.92 Å². The molecule has 1 heterocycles. The Hall–Kier alpha value is -1.97. The van der Waals surface area contributed by atoms with Crippen LogP contribution in [0.3, 0.4) is 0 Å². The molecule has 0 atom stereocenters. The number of rotatable bonds is 13. The summed E-state index contributed by atoms with van der Waals surface area (Å²) in [6.45, 7) is 2.85. The van der Waals surface area contributed by atoms with Gasteiger partial charge in [-0.2, -0.15) is 0 Å². The Morgan fingerprint density at radius 3 is 2.29 bits per heavy atom. The molecule has 1 aromatic heterocycles. The molecule has 0 aliphatic heterocycles. The van der Waals surface area contributed by atoms with Gasteiger partial charge in [0.1, 0.15) is 0 Å². The van der Waals surface area contributed by atoms with Gasteiger partial charge in [-0.3, -0.25) is 0 Å². The summed E-state index contributed by atoms with van der Waals surface area (Å²) in [6.07, 6.45) is 22.2. The first-order chi connectivity index (χ1) is 15.3. The standard InChI is InChI=1S/C27H38FN2O/c1-2-3-4-5-6-7-8-10-15-23-19-29-27(30-20-23)24-16-17-26(25(28)18-24)31-21-22-13-11-9-12-14-22/h9,16-20,22H,2-8,10-15,21H2,1H3. The van der Waals surface area contributed by atoms with Gasteiger partial charge in [0.2, 0.25) is 0 Å². The molecule has 1 aliphatic rings. The number of aromatic nitrogens is 2. The summed E-state index contributed by atoms with van der Waals surface area (Å²) >= 11 is 0. The van der Waals surface area contributed by atoms with Gasteiger partial charge in [0, 0.05) is 18.0 Å². The number of aryl methyl sites for hydroxylation is 1. The normalized spacial score (nSPS) is 14.6. The predicted molar refractivity (Wildman–Crippen MR) is 125 cm³/mol. The molecule has 1 radical (unpaired) electrons. The molecular weight excluding hydrogens is 387 g/mol. The number of hydrogen-bond donors (Lipinski definition) is 0. The average Bonchev–Trinajstić information content (AvgIpc) is 2.81. The lowest BCUT2D eigenvalue weighted by Gasteiger charge is -2.21. The highest BCUT2D eigenvalue weighted by molar-refractivity contribution is 5.56. The van der Waals surface area contributed by atoms with E-state index in [9.17, 15) is 4.39 Å². The van der Waals surface area contributed by atoms with E-state index in [2.05, 4.69) is 23.3 Å². The molecular formula is C27H38FN2O. The third-order valence-electron chi connectivity index (χ3n) is 6.25. The van der Waals surface area contributed by atoms with E-state index in [-0.39, 0.29) is 5.82 Å². The van der Waals surface area contributed by atoms with Gasteiger partial charge in [-0.05, 0) is 74.6 Å². The monoisotopic (exact) mass is 425 g/mol. The Labute approximate surface area is 187 Å². The molecule has 0 saturated heterocycles. The van der Waals surface area contributed by atoms with Gasteiger partial charge in [0.15, 0.2) is 17.4 Å². The largest absolute Gasteiger partial charge is 0.490 e. The SMILES string of the molecule is CCCCCCCCCCc1cnc(-c2ccc(OCC3CC[CH]CC3)c(F)c2)nc1. The lowest BCUT2D eigenvalue weighted by molar-refractivity contribution is 0.213. The van der Waals surface area contributed by atoms with Gasteiger partial charge in [-0.25, -0.2) is 14.4 Å². The fraction of sp³-hybridized carbons (Fsp3) is 0.593. The van der Waals surface area contributed by atoms with E-state index in [1.165, 1.54) is 57.4 Å². The zero-order valence-electron chi connectivity index (χ0n) is 19.1. The molecule has 169 valence electrons. The Kier molecular flexibility index (Phi) is 10.3. The van der Waals surface area contributed by atoms with Crippen LogP contribution in [0.1, 0.15) is 89.5 Å². The average molecular weight is 426 g/mol. The Balaban J connectivity index is 1.42. The third kappa shape index (κ3) is 8.23. The lowest BCUT2D eigenvalue weighted by atomic mass is 9.90. The predicted octanol–water partition coefficient (Wildman–Crippen LogP) is 7.74. The first-order valence-electron chi connectivity index (χ1n) is 12.3. The van der Waals surface area contributed by atoms with E-state index < -0.39 is 0 Å². The molecule has 0 N–H and O–H groups in total. The zero-order chi connectivity index (χ0) is 21.7. The summed E-state index contributed by atoms with van der Waals surface area (Å²) in [7, 11) is 0. The summed E-state index contributed by atoms with van der Waals surface area (Å²) in [4.78, 5) is 8.93.